The van der Waals surface area contributed by atoms with Crippen molar-refractivity contribution in [1.82, 2.24) is 24.6 Å². The van der Waals surface area contributed by atoms with Crippen LogP contribution in [0.15, 0.2) is 36.7 Å². The van der Waals surface area contributed by atoms with E-state index in [1.807, 2.05) is 36.6 Å². The Kier molecular flexibility index (Phi) is 5.88. The second kappa shape index (κ2) is 8.33. The smallest absolute Gasteiger partial charge is 0.242 e. The Balaban J connectivity index is 1.54. The second-order valence-corrected chi connectivity index (χ2v) is 7.53. The van der Waals surface area contributed by atoms with E-state index in [-0.39, 0.29) is 30.3 Å². The highest BCUT2D eigenvalue weighted by molar-refractivity contribution is 5.86. The number of carbonyl (C=O) groups excluding carboxylic acids is 2. The van der Waals surface area contributed by atoms with Gasteiger partial charge in [0.25, 0.3) is 0 Å². The van der Waals surface area contributed by atoms with E-state index in [1.54, 1.807) is 23.2 Å². The molecule has 1 atom stereocenters. The highest BCUT2D eigenvalue weighted by Gasteiger charge is 2.31. The third-order valence-electron chi connectivity index (χ3n) is 5.00. The topological polar surface area (TPSA) is 71.3 Å². The molecule has 1 aromatic heterocycles. The van der Waals surface area contributed by atoms with Crippen LogP contribution >= 0.6 is 0 Å². The predicted molar refractivity (Wildman–Crippen MR) is 102 cm³/mol. The molecule has 1 saturated heterocycles. The Morgan fingerprint density at radius 2 is 2.04 bits per heavy atom. The largest absolute Gasteiger partial charge is 0.337 e. The fourth-order valence-corrected chi connectivity index (χ4v) is 3.49. The van der Waals surface area contributed by atoms with Gasteiger partial charge >= 0.3 is 0 Å². The lowest BCUT2D eigenvalue weighted by Crippen LogP contribution is -2.39. The molecule has 0 spiro atoms. The standard InChI is InChI=1S/C20H27N5O2/c1-15(2)25-14-21-22-18(25)12-23(3)20(27)13-24-11-17(10-19(24)26)9-16-7-5-4-6-8-16/h4-8,14-15,17H,9-13H2,1-3H3/t17-/m1/s1. The molecule has 0 bridgehead atoms. The van der Waals surface area contributed by atoms with Crippen LogP contribution in [0.3, 0.4) is 0 Å². The van der Waals surface area contributed by atoms with Crippen LogP contribution in [0.4, 0.5) is 0 Å². The molecule has 0 unspecified atom stereocenters. The van der Waals surface area contributed by atoms with Crippen molar-refractivity contribution in [1.29, 1.82) is 0 Å². The quantitative estimate of drug-likeness (QED) is 0.747. The number of amides is 2. The van der Waals surface area contributed by atoms with Crippen LogP contribution < -0.4 is 0 Å². The lowest BCUT2D eigenvalue weighted by atomic mass is 9.99. The molecule has 0 radical (unpaired) electrons. The molecule has 0 saturated carbocycles. The lowest BCUT2D eigenvalue weighted by molar-refractivity contribution is -0.137. The number of nitrogens with zero attached hydrogens (tertiary/aromatic N) is 5. The Morgan fingerprint density at radius 3 is 2.74 bits per heavy atom. The number of likely N-dealkylation sites (N-methyl/N-ethyl adjacent to an activating group) is 1. The van der Waals surface area contributed by atoms with Crippen molar-refractivity contribution in [3.8, 4) is 0 Å². The first-order valence-electron chi connectivity index (χ1n) is 9.38. The fourth-order valence-electron chi connectivity index (χ4n) is 3.49. The zero-order valence-corrected chi connectivity index (χ0v) is 16.2. The number of aromatic nitrogens is 3. The minimum absolute atomic E-state index is 0.0584. The Morgan fingerprint density at radius 1 is 1.30 bits per heavy atom. The molecule has 2 aromatic rings. The number of hydrogen-bond acceptors (Lipinski definition) is 4. The first kappa shape index (κ1) is 19.1. The normalized spacial score (nSPS) is 17.0. The summed E-state index contributed by atoms with van der Waals surface area (Å²) in [4.78, 5) is 28.2. The second-order valence-electron chi connectivity index (χ2n) is 7.53. The predicted octanol–water partition coefficient (Wildman–Crippen LogP) is 1.91. The van der Waals surface area contributed by atoms with E-state index in [1.165, 1.54) is 5.56 Å². The molecule has 144 valence electrons. The van der Waals surface area contributed by atoms with Gasteiger partial charge in [0.05, 0.1) is 13.1 Å². The van der Waals surface area contributed by atoms with Gasteiger partial charge < -0.3 is 14.4 Å². The SMILES string of the molecule is CC(C)n1cnnc1CN(C)C(=O)CN1C[C@H](Cc2ccccc2)CC1=O. The van der Waals surface area contributed by atoms with E-state index in [2.05, 4.69) is 22.3 Å². The number of rotatable bonds is 7. The van der Waals surface area contributed by atoms with Gasteiger partial charge in [0.1, 0.15) is 6.33 Å². The summed E-state index contributed by atoms with van der Waals surface area (Å²) in [7, 11) is 1.74. The minimum Gasteiger partial charge on any atom is -0.337 e. The van der Waals surface area contributed by atoms with Gasteiger partial charge in [-0.3, -0.25) is 9.59 Å². The Hall–Kier alpha value is -2.70. The van der Waals surface area contributed by atoms with Gasteiger partial charge in [0, 0.05) is 26.1 Å². The van der Waals surface area contributed by atoms with Crippen LogP contribution in [-0.2, 0) is 22.6 Å². The van der Waals surface area contributed by atoms with Crippen molar-refractivity contribution in [2.75, 3.05) is 20.1 Å². The molecular weight excluding hydrogens is 342 g/mol. The van der Waals surface area contributed by atoms with Gasteiger partial charge in [-0.25, -0.2) is 0 Å². The maximum Gasteiger partial charge on any atom is 0.242 e. The molecule has 1 aromatic carbocycles. The summed E-state index contributed by atoms with van der Waals surface area (Å²) < 4.78 is 1.95. The van der Waals surface area contributed by atoms with Crippen LogP contribution in [0, 0.1) is 5.92 Å². The number of hydrogen-bond donors (Lipinski definition) is 0. The third kappa shape index (κ3) is 4.72. The molecule has 2 heterocycles. The van der Waals surface area contributed by atoms with Crippen molar-refractivity contribution >= 4 is 11.8 Å². The van der Waals surface area contributed by atoms with Crippen LogP contribution in [0.2, 0.25) is 0 Å². The van der Waals surface area contributed by atoms with E-state index in [4.69, 9.17) is 0 Å². The van der Waals surface area contributed by atoms with Gasteiger partial charge in [-0.2, -0.15) is 0 Å². The minimum atomic E-state index is -0.0815. The summed E-state index contributed by atoms with van der Waals surface area (Å²) in [5.41, 5.74) is 1.23. The van der Waals surface area contributed by atoms with E-state index < -0.39 is 0 Å². The number of likely N-dealkylation sites (tertiary alicyclic amines) is 1. The zero-order valence-electron chi connectivity index (χ0n) is 16.2. The van der Waals surface area contributed by atoms with Gasteiger partial charge in [0.15, 0.2) is 5.82 Å². The maximum atomic E-state index is 12.6. The van der Waals surface area contributed by atoms with Gasteiger partial charge in [-0.15, -0.1) is 10.2 Å². The monoisotopic (exact) mass is 369 g/mol. The molecule has 1 aliphatic rings. The molecule has 3 rings (SSSR count). The number of carbonyl (C=O) groups is 2. The molecular formula is C20H27N5O2. The molecule has 7 heteroatoms. The van der Waals surface area contributed by atoms with Crippen molar-refractivity contribution in [2.24, 2.45) is 5.92 Å². The van der Waals surface area contributed by atoms with Crippen LogP contribution in [0.5, 0.6) is 0 Å². The number of benzene rings is 1. The first-order valence-corrected chi connectivity index (χ1v) is 9.38. The highest BCUT2D eigenvalue weighted by Crippen LogP contribution is 2.22. The van der Waals surface area contributed by atoms with Gasteiger partial charge in [-0.1, -0.05) is 30.3 Å². The molecule has 0 N–H and O–H groups in total. The molecule has 1 fully saturated rings. The average molecular weight is 369 g/mol. The van der Waals surface area contributed by atoms with E-state index >= 15 is 0 Å². The summed E-state index contributed by atoms with van der Waals surface area (Å²) in [6, 6.07) is 10.4. The maximum absolute atomic E-state index is 12.6. The molecule has 27 heavy (non-hydrogen) atoms. The van der Waals surface area contributed by atoms with Gasteiger partial charge in [0.2, 0.25) is 11.8 Å². The van der Waals surface area contributed by atoms with E-state index in [9.17, 15) is 9.59 Å². The fraction of sp³-hybridized carbons (Fsp3) is 0.500. The van der Waals surface area contributed by atoms with Crippen molar-refractivity contribution < 1.29 is 9.59 Å². The van der Waals surface area contributed by atoms with Crippen molar-refractivity contribution in [3.63, 3.8) is 0 Å². The van der Waals surface area contributed by atoms with Crippen LogP contribution in [-0.4, -0.2) is 56.5 Å². The molecule has 2 amide bonds. The summed E-state index contributed by atoms with van der Waals surface area (Å²) in [6.07, 6.45) is 3.05. The van der Waals surface area contributed by atoms with E-state index in [0.717, 1.165) is 12.2 Å². The van der Waals surface area contributed by atoms with Gasteiger partial charge in [-0.05, 0) is 31.7 Å². The summed E-state index contributed by atoms with van der Waals surface area (Å²) in [5, 5.41) is 8.04. The lowest BCUT2D eigenvalue weighted by Gasteiger charge is -2.22. The molecule has 7 nitrogen and oxygen atoms in total. The Labute approximate surface area is 160 Å². The highest BCUT2D eigenvalue weighted by atomic mass is 16.2. The van der Waals surface area contributed by atoms with Crippen molar-refractivity contribution in [2.45, 2.75) is 39.3 Å². The summed E-state index contributed by atoms with van der Waals surface area (Å²) in [5.74, 6) is 0.989. The molecule has 0 aliphatic carbocycles. The summed E-state index contributed by atoms with van der Waals surface area (Å²) in [6.45, 7) is 5.23. The Bertz CT molecular complexity index is 787. The average Bonchev–Trinajstić information content (AvgIpc) is 3.22. The molecule has 1 aliphatic heterocycles. The van der Waals surface area contributed by atoms with Crippen molar-refractivity contribution in [3.05, 3.63) is 48.0 Å². The van der Waals surface area contributed by atoms with Crippen LogP contribution in [0.25, 0.3) is 0 Å². The van der Waals surface area contributed by atoms with E-state index in [0.29, 0.717) is 19.5 Å². The third-order valence-corrected chi connectivity index (χ3v) is 5.00. The first-order chi connectivity index (χ1) is 12.9. The summed E-state index contributed by atoms with van der Waals surface area (Å²) >= 11 is 0. The van der Waals surface area contributed by atoms with Crippen LogP contribution in [0.1, 0.15) is 37.7 Å². The zero-order chi connectivity index (χ0) is 19.4.